The van der Waals surface area contributed by atoms with E-state index in [0.29, 0.717) is 13.2 Å². The number of esters is 1. The van der Waals surface area contributed by atoms with Crippen molar-refractivity contribution in [3.8, 4) is 0 Å². The molecule has 3 aliphatic rings. The molecular weight excluding hydrogens is 216 g/mol. The fourth-order valence-electron chi connectivity index (χ4n) is 2.71. The first-order valence-electron chi connectivity index (χ1n) is 6.61. The Labute approximate surface area is 103 Å². The maximum atomic E-state index is 12.1. The highest BCUT2D eigenvalue weighted by molar-refractivity contribution is 5.77. The van der Waals surface area contributed by atoms with Crippen molar-refractivity contribution in [1.29, 1.82) is 0 Å². The predicted octanol–water partition coefficient (Wildman–Crippen LogP) is 2.85. The average molecular weight is 238 g/mol. The molecule has 0 amide bonds. The summed E-state index contributed by atoms with van der Waals surface area (Å²) in [6.45, 7) is 6.98. The monoisotopic (exact) mass is 238 g/mol. The summed E-state index contributed by atoms with van der Waals surface area (Å²) < 4.78 is 11.2. The number of fused-ring (bicyclic) bond motifs is 3. The van der Waals surface area contributed by atoms with Gasteiger partial charge in [0.25, 0.3) is 0 Å². The normalized spacial score (nSPS) is 35.6. The van der Waals surface area contributed by atoms with Crippen LogP contribution >= 0.6 is 0 Å². The third-order valence-electron chi connectivity index (χ3n) is 4.23. The molecule has 3 nitrogen and oxygen atoms in total. The van der Waals surface area contributed by atoms with Gasteiger partial charge < -0.3 is 9.47 Å². The van der Waals surface area contributed by atoms with Gasteiger partial charge in [0.2, 0.25) is 0 Å². The minimum Gasteiger partial charge on any atom is -0.465 e. The molecule has 0 N–H and O–H groups in total. The van der Waals surface area contributed by atoms with Crippen LogP contribution in [0.15, 0.2) is 12.7 Å². The largest absolute Gasteiger partial charge is 0.465 e. The lowest BCUT2D eigenvalue weighted by atomic mass is 9.66. The Morgan fingerprint density at radius 3 is 2.59 bits per heavy atom. The van der Waals surface area contributed by atoms with Crippen molar-refractivity contribution in [2.45, 2.75) is 51.0 Å². The van der Waals surface area contributed by atoms with E-state index in [1.54, 1.807) is 0 Å². The van der Waals surface area contributed by atoms with Crippen LogP contribution in [0.4, 0.5) is 0 Å². The molecule has 3 fully saturated rings. The van der Waals surface area contributed by atoms with Gasteiger partial charge in [-0.1, -0.05) is 19.4 Å². The number of hydrogen-bond donors (Lipinski definition) is 0. The third kappa shape index (κ3) is 2.25. The number of unbranched alkanes of at least 4 members (excludes halogenated alkanes) is 1. The van der Waals surface area contributed by atoms with Crippen LogP contribution in [0.5, 0.6) is 0 Å². The second kappa shape index (κ2) is 4.81. The highest BCUT2D eigenvalue weighted by Gasteiger charge is 2.53. The SMILES string of the molecule is C=CC12CCC(C(=O)OCCCC)(CC1)CO2. The lowest BCUT2D eigenvalue weighted by Crippen LogP contribution is -2.53. The van der Waals surface area contributed by atoms with Crippen molar-refractivity contribution in [2.24, 2.45) is 5.41 Å². The molecule has 96 valence electrons. The summed E-state index contributed by atoms with van der Waals surface area (Å²) in [6, 6.07) is 0. The molecule has 3 heteroatoms. The van der Waals surface area contributed by atoms with E-state index in [4.69, 9.17) is 9.47 Å². The van der Waals surface area contributed by atoms with Gasteiger partial charge in [-0.05, 0) is 32.1 Å². The van der Waals surface area contributed by atoms with Crippen LogP contribution < -0.4 is 0 Å². The molecule has 0 unspecified atom stereocenters. The van der Waals surface area contributed by atoms with E-state index in [0.717, 1.165) is 38.5 Å². The van der Waals surface area contributed by atoms with Crippen LogP contribution in [0.2, 0.25) is 0 Å². The van der Waals surface area contributed by atoms with Crippen molar-refractivity contribution in [1.82, 2.24) is 0 Å². The molecule has 0 aromatic carbocycles. The first-order chi connectivity index (χ1) is 8.16. The second-order valence-corrected chi connectivity index (χ2v) is 5.33. The van der Waals surface area contributed by atoms with E-state index < -0.39 is 0 Å². The minimum atomic E-state index is -0.363. The topological polar surface area (TPSA) is 35.5 Å². The fourth-order valence-corrected chi connectivity index (χ4v) is 2.71. The number of carbonyl (C=O) groups is 1. The van der Waals surface area contributed by atoms with Gasteiger partial charge in [0.05, 0.1) is 24.2 Å². The van der Waals surface area contributed by atoms with E-state index in [2.05, 4.69) is 13.5 Å². The van der Waals surface area contributed by atoms with Gasteiger partial charge in [-0.3, -0.25) is 4.79 Å². The lowest BCUT2D eigenvalue weighted by molar-refractivity contribution is -0.193. The molecule has 0 spiro atoms. The van der Waals surface area contributed by atoms with E-state index in [9.17, 15) is 4.79 Å². The van der Waals surface area contributed by atoms with Crippen molar-refractivity contribution in [2.75, 3.05) is 13.2 Å². The van der Waals surface area contributed by atoms with Crippen molar-refractivity contribution in [3.05, 3.63) is 12.7 Å². The molecule has 0 aromatic rings. The zero-order valence-electron chi connectivity index (χ0n) is 10.7. The van der Waals surface area contributed by atoms with Crippen LogP contribution in [0, 0.1) is 5.41 Å². The van der Waals surface area contributed by atoms with Gasteiger partial charge in [0.15, 0.2) is 0 Å². The summed E-state index contributed by atoms with van der Waals surface area (Å²) in [6.07, 6.45) is 7.46. The zero-order chi connectivity index (χ0) is 12.4. The highest BCUT2D eigenvalue weighted by atomic mass is 16.5. The van der Waals surface area contributed by atoms with Crippen LogP contribution in [0.1, 0.15) is 45.4 Å². The Morgan fingerprint density at radius 2 is 2.12 bits per heavy atom. The average Bonchev–Trinajstić information content (AvgIpc) is 2.41. The van der Waals surface area contributed by atoms with Gasteiger partial charge in [-0.15, -0.1) is 6.58 Å². The molecule has 0 radical (unpaired) electrons. The molecule has 3 rings (SSSR count). The highest BCUT2D eigenvalue weighted by Crippen LogP contribution is 2.49. The molecule has 2 heterocycles. The van der Waals surface area contributed by atoms with Crippen LogP contribution in [0.25, 0.3) is 0 Å². The summed E-state index contributed by atoms with van der Waals surface area (Å²) in [5.74, 6) is -0.0525. The standard InChI is InChI=1S/C14H22O3/c1-3-5-10-16-12(15)13-6-8-14(4-2,9-7-13)17-11-13/h4H,2-3,5-11H2,1H3. The fraction of sp³-hybridized carbons (Fsp3) is 0.786. The maximum absolute atomic E-state index is 12.1. The van der Waals surface area contributed by atoms with Crippen molar-refractivity contribution in [3.63, 3.8) is 0 Å². The Bertz CT molecular complexity index is 284. The summed E-state index contributed by atoms with van der Waals surface area (Å²) in [5, 5.41) is 0. The van der Waals surface area contributed by atoms with Crippen molar-refractivity contribution >= 4 is 5.97 Å². The predicted molar refractivity (Wildman–Crippen MR) is 65.6 cm³/mol. The molecule has 2 bridgehead atoms. The number of ether oxygens (including phenoxy) is 2. The molecule has 2 aliphatic heterocycles. The van der Waals surface area contributed by atoms with E-state index in [1.807, 2.05) is 6.08 Å². The molecule has 1 aliphatic carbocycles. The first kappa shape index (κ1) is 12.6. The Kier molecular flexibility index (Phi) is 3.57. The van der Waals surface area contributed by atoms with Gasteiger partial charge >= 0.3 is 5.97 Å². The summed E-state index contributed by atoms with van der Waals surface area (Å²) in [4.78, 5) is 12.1. The Morgan fingerprint density at radius 1 is 1.41 bits per heavy atom. The van der Waals surface area contributed by atoms with Gasteiger partial charge in [0.1, 0.15) is 0 Å². The summed E-state index contributed by atoms with van der Waals surface area (Å²) >= 11 is 0. The van der Waals surface area contributed by atoms with Crippen LogP contribution in [0.3, 0.4) is 0 Å². The Balaban J connectivity index is 1.94. The number of carbonyl (C=O) groups excluding carboxylic acids is 1. The van der Waals surface area contributed by atoms with E-state index in [-0.39, 0.29) is 17.0 Å². The minimum absolute atomic E-state index is 0.0525. The first-order valence-corrected chi connectivity index (χ1v) is 6.61. The number of hydrogen-bond acceptors (Lipinski definition) is 3. The van der Waals surface area contributed by atoms with Gasteiger partial charge in [-0.25, -0.2) is 0 Å². The van der Waals surface area contributed by atoms with E-state index in [1.165, 1.54) is 0 Å². The quantitative estimate of drug-likeness (QED) is 0.420. The second-order valence-electron chi connectivity index (χ2n) is 5.33. The summed E-state index contributed by atoms with van der Waals surface area (Å²) in [5.41, 5.74) is -0.524. The molecular formula is C14H22O3. The van der Waals surface area contributed by atoms with Crippen molar-refractivity contribution < 1.29 is 14.3 Å². The molecule has 0 atom stereocenters. The van der Waals surface area contributed by atoms with Crippen LogP contribution in [-0.2, 0) is 14.3 Å². The number of rotatable bonds is 5. The smallest absolute Gasteiger partial charge is 0.314 e. The molecule has 17 heavy (non-hydrogen) atoms. The van der Waals surface area contributed by atoms with Gasteiger partial charge in [0, 0.05) is 0 Å². The third-order valence-corrected chi connectivity index (χ3v) is 4.23. The van der Waals surface area contributed by atoms with Crippen LogP contribution in [-0.4, -0.2) is 24.8 Å². The Hall–Kier alpha value is -0.830. The molecule has 1 saturated carbocycles. The summed E-state index contributed by atoms with van der Waals surface area (Å²) in [7, 11) is 0. The maximum Gasteiger partial charge on any atom is 0.314 e. The molecule has 2 saturated heterocycles. The zero-order valence-corrected chi connectivity index (χ0v) is 10.7. The lowest BCUT2D eigenvalue weighted by Gasteiger charge is -2.50. The van der Waals surface area contributed by atoms with E-state index >= 15 is 0 Å². The molecule has 0 aromatic heterocycles. The van der Waals surface area contributed by atoms with Gasteiger partial charge in [-0.2, -0.15) is 0 Å².